The van der Waals surface area contributed by atoms with Gasteiger partial charge >= 0.3 is 0 Å². The summed E-state index contributed by atoms with van der Waals surface area (Å²) in [5.41, 5.74) is 4.02. The fourth-order valence-electron chi connectivity index (χ4n) is 2.10. The van der Waals surface area contributed by atoms with Gasteiger partial charge in [0.25, 0.3) is 5.91 Å². The van der Waals surface area contributed by atoms with E-state index in [2.05, 4.69) is 17.5 Å². The van der Waals surface area contributed by atoms with Crippen molar-refractivity contribution >= 4 is 23.5 Å². The van der Waals surface area contributed by atoms with Crippen LogP contribution in [-0.2, 0) is 6.42 Å². The van der Waals surface area contributed by atoms with E-state index < -0.39 is 0 Å². The molecule has 1 N–H and O–H groups in total. The number of rotatable bonds is 5. The van der Waals surface area contributed by atoms with Gasteiger partial charge in [-0.2, -0.15) is 5.10 Å². The molecule has 0 unspecified atom stereocenters. The molecule has 6 heteroatoms. The van der Waals surface area contributed by atoms with Crippen LogP contribution in [0.4, 0.5) is 0 Å². The number of hydrazone groups is 1. The van der Waals surface area contributed by atoms with E-state index >= 15 is 0 Å². The smallest absolute Gasteiger partial charge is 0.272 e. The van der Waals surface area contributed by atoms with Crippen LogP contribution in [0, 0.1) is 0 Å². The molecule has 22 heavy (non-hydrogen) atoms. The molecular formula is C16H16N2O3S. The summed E-state index contributed by atoms with van der Waals surface area (Å²) in [6.45, 7) is 2.36. The van der Waals surface area contributed by atoms with E-state index in [1.807, 2.05) is 29.6 Å². The topological polar surface area (TPSA) is 59.9 Å². The van der Waals surface area contributed by atoms with E-state index in [9.17, 15) is 4.79 Å². The molecule has 114 valence electrons. The molecule has 3 rings (SSSR count). The van der Waals surface area contributed by atoms with Crippen LogP contribution in [0.1, 0.15) is 34.1 Å². The number of hydrogen-bond acceptors (Lipinski definition) is 5. The first-order valence-corrected chi connectivity index (χ1v) is 7.94. The minimum Gasteiger partial charge on any atom is -0.454 e. The van der Waals surface area contributed by atoms with Gasteiger partial charge in [0, 0.05) is 10.3 Å². The summed E-state index contributed by atoms with van der Waals surface area (Å²) in [6, 6.07) is 7.41. The number of carbonyl (C=O) groups excluding carboxylic acids is 1. The van der Waals surface area contributed by atoms with Gasteiger partial charge in [-0.25, -0.2) is 5.43 Å². The largest absolute Gasteiger partial charge is 0.454 e. The maximum absolute atomic E-state index is 12.0. The summed E-state index contributed by atoms with van der Waals surface area (Å²) in [4.78, 5) is 13.2. The molecule has 0 bridgehead atoms. The van der Waals surface area contributed by atoms with E-state index in [4.69, 9.17) is 9.47 Å². The maximum Gasteiger partial charge on any atom is 0.272 e. The van der Waals surface area contributed by atoms with Crippen LogP contribution in [-0.4, -0.2) is 18.9 Å². The Bertz CT molecular complexity index is 709. The average Bonchev–Trinajstić information content (AvgIpc) is 3.16. The summed E-state index contributed by atoms with van der Waals surface area (Å²) >= 11 is 1.60. The molecule has 0 aliphatic carbocycles. The second-order valence-electron chi connectivity index (χ2n) is 4.86. The highest BCUT2D eigenvalue weighted by Crippen LogP contribution is 2.31. The summed E-state index contributed by atoms with van der Waals surface area (Å²) in [5, 5.41) is 5.84. The molecule has 0 fully saturated rings. The number of hydrogen-bond donors (Lipinski definition) is 1. The first-order valence-electron chi connectivity index (χ1n) is 7.06. The minimum absolute atomic E-state index is 0.199. The van der Waals surface area contributed by atoms with Crippen LogP contribution in [0.3, 0.4) is 0 Å². The van der Waals surface area contributed by atoms with E-state index in [0.717, 1.165) is 24.2 Å². The van der Waals surface area contributed by atoms with Crippen LogP contribution in [0.25, 0.3) is 0 Å². The highest BCUT2D eigenvalue weighted by molar-refractivity contribution is 7.10. The predicted molar refractivity (Wildman–Crippen MR) is 85.9 cm³/mol. The van der Waals surface area contributed by atoms with E-state index in [1.165, 1.54) is 4.88 Å². The third-order valence-electron chi connectivity index (χ3n) is 3.19. The third-order valence-corrected chi connectivity index (χ3v) is 4.19. The Balaban J connectivity index is 1.60. The second kappa shape index (κ2) is 6.62. The van der Waals surface area contributed by atoms with Crippen LogP contribution in [0.2, 0.25) is 0 Å². The Kier molecular flexibility index (Phi) is 4.39. The van der Waals surface area contributed by atoms with Gasteiger partial charge in [-0.1, -0.05) is 13.3 Å². The van der Waals surface area contributed by atoms with Crippen molar-refractivity contribution in [2.45, 2.75) is 19.8 Å². The second-order valence-corrected chi connectivity index (χ2v) is 5.86. The Hall–Kier alpha value is -2.34. The monoisotopic (exact) mass is 316 g/mol. The lowest BCUT2D eigenvalue weighted by molar-refractivity contribution is 0.0955. The van der Waals surface area contributed by atoms with E-state index in [1.54, 1.807) is 17.6 Å². The number of thiophene rings is 1. The number of carbonyl (C=O) groups is 1. The van der Waals surface area contributed by atoms with Gasteiger partial charge in [0.2, 0.25) is 6.79 Å². The lowest BCUT2D eigenvalue weighted by Gasteiger charge is -1.98. The minimum atomic E-state index is -0.199. The molecule has 1 amide bonds. The molecule has 1 aliphatic rings. The van der Waals surface area contributed by atoms with Gasteiger partial charge in [0.05, 0.1) is 11.8 Å². The number of ether oxygens (including phenoxy) is 2. The molecule has 0 saturated heterocycles. The highest BCUT2D eigenvalue weighted by Gasteiger charge is 2.12. The standard InChI is InChI=1S/C16H16N2O3S/c1-2-3-13-7-12(9-22-13)16(19)18-17-8-11-4-5-14-15(6-11)21-10-20-14/h4-9H,2-3,10H2,1H3,(H,18,19)/b17-8-. The molecule has 0 atom stereocenters. The third kappa shape index (κ3) is 3.28. The van der Waals surface area contributed by atoms with Gasteiger partial charge in [-0.05, 0) is 36.2 Å². The lowest BCUT2D eigenvalue weighted by Crippen LogP contribution is -2.16. The van der Waals surface area contributed by atoms with Crippen molar-refractivity contribution in [1.82, 2.24) is 5.43 Å². The van der Waals surface area contributed by atoms with Gasteiger partial charge in [0.1, 0.15) is 0 Å². The molecule has 2 heterocycles. The number of nitrogens with zero attached hydrogens (tertiary/aromatic N) is 1. The molecule has 5 nitrogen and oxygen atoms in total. The number of nitrogens with one attached hydrogen (secondary N) is 1. The zero-order valence-corrected chi connectivity index (χ0v) is 13.0. The predicted octanol–water partition coefficient (Wildman–Crippen LogP) is 3.19. The van der Waals surface area contributed by atoms with Crippen molar-refractivity contribution in [2.24, 2.45) is 5.10 Å². The molecule has 1 aromatic carbocycles. The van der Waals surface area contributed by atoms with Gasteiger partial charge in [-0.15, -0.1) is 11.3 Å². The first-order chi connectivity index (χ1) is 10.8. The van der Waals surface area contributed by atoms with Crippen molar-refractivity contribution in [3.63, 3.8) is 0 Å². The van der Waals surface area contributed by atoms with Crippen molar-refractivity contribution in [3.05, 3.63) is 45.6 Å². The molecule has 2 aromatic rings. The fourth-order valence-corrected chi connectivity index (χ4v) is 3.07. The summed E-state index contributed by atoms with van der Waals surface area (Å²) in [5.74, 6) is 1.22. The fraction of sp³-hybridized carbons (Fsp3) is 0.250. The molecule has 0 saturated carbocycles. The molecule has 0 spiro atoms. The maximum atomic E-state index is 12.0. The SMILES string of the molecule is CCCc1cc(C(=O)N/N=C\c2ccc3c(c2)OCO3)cs1. The zero-order chi connectivity index (χ0) is 15.4. The van der Waals surface area contributed by atoms with Crippen LogP contribution >= 0.6 is 11.3 Å². The molecule has 0 radical (unpaired) electrons. The van der Waals surface area contributed by atoms with Crippen LogP contribution in [0.5, 0.6) is 11.5 Å². The Morgan fingerprint density at radius 3 is 3.09 bits per heavy atom. The Morgan fingerprint density at radius 2 is 2.23 bits per heavy atom. The number of fused-ring (bicyclic) bond motifs is 1. The van der Waals surface area contributed by atoms with Crippen molar-refractivity contribution < 1.29 is 14.3 Å². The average molecular weight is 316 g/mol. The normalized spacial score (nSPS) is 12.8. The van der Waals surface area contributed by atoms with Crippen molar-refractivity contribution in [2.75, 3.05) is 6.79 Å². The Labute approximate surface area is 132 Å². The van der Waals surface area contributed by atoms with E-state index in [-0.39, 0.29) is 12.7 Å². The van der Waals surface area contributed by atoms with Crippen molar-refractivity contribution in [3.8, 4) is 11.5 Å². The lowest BCUT2D eigenvalue weighted by atomic mass is 10.2. The summed E-state index contributed by atoms with van der Waals surface area (Å²) in [7, 11) is 0. The summed E-state index contributed by atoms with van der Waals surface area (Å²) in [6.07, 6.45) is 3.65. The number of amides is 1. The highest BCUT2D eigenvalue weighted by atomic mass is 32.1. The summed E-state index contributed by atoms with van der Waals surface area (Å²) < 4.78 is 10.5. The first kappa shape index (κ1) is 14.6. The molecular weight excluding hydrogens is 300 g/mol. The van der Waals surface area contributed by atoms with Crippen LogP contribution in [0.15, 0.2) is 34.7 Å². The molecule has 1 aromatic heterocycles. The van der Waals surface area contributed by atoms with Crippen molar-refractivity contribution in [1.29, 1.82) is 0 Å². The van der Waals surface area contributed by atoms with Gasteiger partial charge in [0.15, 0.2) is 11.5 Å². The molecule has 1 aliphatic heterocycles. The number of benzene rings is 1. The van der Waals surface area contributed by atoms with Gasteiger partial charge in [-0.3, -0.25) is 4.79 Å². The quantitative estimate of drug-likeness (QED) is 0.681. The van der Waals surface area contributed by atoms with E-state index in [0.29, 0.717) is 11.3 Å². The Morgan fingerprint density at radius 1 is 1.36 bits per heavy atom. The van der Waals surface area contributed by atoms with Crippen LogP contribution < -0.4 is 14.9 Å². The van der Waals surface area contributed by atoms with Gasteiger partial charge < -0.3 is 9.47 Å². The number of aryl methyl sites for hydroxylation is 1. The zero-order valence-electron chi connectivity index (χ0n) is 12.2.